The smallest absolute Gasteiger partial charge is 0.170 e. The number of carbonyl (C=O) groups excluding carboxylic acids is 2. The standard InChI is InChI=1S/C17H16O3/c1-12-3-5-13(6-4-12)16(18)11-17(19)14-7-9-15(20-2)10-8-14/h3-10H,11H2,1-2H3. The number of hydrogen-bond donors (Lipinski definition) is 0. The van der Waals surface area contributed by atoms with Crippen molar-refractivity contribution in [2.75, 3.05) is 7.11 Å². The number of hydrogen-bond acceptors (Lipinski definition) is 3. The molecule has 20 heavy (non-hydrogen) atoms. The van der Waals surface area contributed by atoms with E-state index in [-0.39, 0.29) is 18.0 Å². The van der Waals surface area contributed by atoms with Gasteiger partial charge < -0.3 is 4.74 Å². The Labute approximate surface area is 118 Å². The summed E-state index contributed by atoms with van der Waals surface area (Å²) in [6, 6.07) is 14.0. The van der Waals surface area contributed by atoms with E-state index in [1.54, 1.807) is 43.5 Å². The average molecular weight is 268 g/mol. The second kappa shape index (κ2) is 6.15. The van der Waals surface area contributed by atoms with Crippen LogP contribution in [0.1, 0.15) is 32.7 Å². The van der Waals surface area contributed by atoms with Gasteiger partial charge in [0.1, 0.15) is 5.75 Å². The Kier molecular flexibility index (Phi) is 4.31. The van der Waals surface area contributed by atoms with Crippen LogP contribution < -0.4 is 4.74 Å². The zero-order chi connectivity index (χ0) is 14.5. The maximum Gasteiger partial charge on any atom is 0.170 e. The molecule has 0 aliphatic heterocycles. The summed E-state index contributed by atoms with van der Waals surface area (Å²) >= 11 is 0. The number of methoxy groups -OCH3 is 1. The van der Waals surface area contributed by atoms with E-state index in [0.717, 1.165) is 5.56 Å². The van der Waals surface area contributed by atoms with Crippen LogP contribution in [0.3, 0.4) is 0 Å². The molecule has 0 atom stereocenters. The highest BCUT2D eigenvalue weighted by Crippen LogP contribution is 2.14. The van der Waals surface area contributed by atoms with Crippen LogP contribution in [0.4, 0.5) is 0 Å². The van der Waals surface area contributed by atoms with Gasteiger partial charge in [-0.25, -0.2) is 0 Å². The molecule has 0 N–H and O–H groups in total. The molecule has 102 valence electrons. The van der Waals surface area contributed by atoms with Crippen LogP contribution in [0.25, 0.3) is 0 Å². The summed E-state index contributed by atoms with van der Waals surface area (Å²) in [6.07, 6.45) is -0.116. The van der Waals surface area contributed by atoms with E-state index in [2.05, 4.69) is 0 Å². The third-order valence-electron chi connectivity index (χ3n) is 3.11. The molecular weight excluding hydrogens is 252 g/mol. The molecule has 0 saturated heterocycles. The van der Waals surface area contributed by atoms with Gasteiger partial charge in [-0.2, -0.15) is 0 Å². The number of benzene rings is 2. The molecule has 0 saturated carbocycles. The minimum absolute atomic E-state index is 0.116. The Balaban J connectivity index is 2.06. The van der Waals surface area contributed by atoms with Crippen molar-refractivity contribution in [2.45, 2.75) is 13.3 Å². The fourth-order valence-corrected chi connectivity index (χ4v) is 1.87. The second-order valence-corrected chi connectivity index (χ2v) is 4.62. The van der Waals surface area contributed by atoms with Gasteiger partial charge in [0.05, 0.1) is 13.5 Å². The van der Waals surface area contributed by atoms with Crippen molar-refractivity contribution in [3.05, 3.63) is 65.2 Å². The minimum Gasteiger partial charge on any atom is -0.497 e. The first-order chi connectivity index (χ1) is 9.60. The minimum atomic E-state index is -0.182. The molecule has 0 fully saturated rings. The van der Waals surface area contributed by atoms with Crippen molar-refractivity contribution in [3.8, 4) is 5.75 Å². The Morgan fingerprint density at radius 3 is 1.75 bits per heavy atom. The van der Waals surface area contributed by atoms with E-state index in [1.165, 1.54) is 0 Å². The number of ether oxygens (including phenoxy) is 1. The SMILES string of the molecule is COc1ccc(C(=O)CC(=O)c2ccc(C)cc2)cc1. The van der Waals surface area contributed by atoms with E-state index in [0.29, 0.717) is 16.9 Å². The van der Waals surface area contributed by atoms with E-state index in [9.17, 15) is 9.59 Å². The van der Waals surface area contributed by atoms with Crippen LogP contribution in [-0.4, -0.2) is 18.7 Å². The molecule has 0 aliphatic carbocycles. The Bertz CT molecular complexity index is 610. The summed E-state index contributed by atoms with van der Waals surface area (Å²) in [4.78, 5) is 24.1. The number of Topliss-reactive ketones (excluding diaryl/α,β-unsaturated/α-hetero) is 2. The van der Waals surface area contributed by atoms with Crippen molar-refractivity contribution in [1.82, 2.24) is 0 Å². The molecule has 0 radical (unpaired) electrons. The van der Waals surface area contributed by atoms with E-state index < -0.39 is 0 Å². The predicted molar refractivity (Wildman–Crippen MR) is 77.5 cm³/mol. The molecule has 0 aliphatic rings. The Morgan fingerprint density at radius 1 is 0.850 bits per heavy atom. The predicted octanol–water partition coefficient (Wildman–Crippen LogP) is 3.46. The summed E-state index contributed by atoms with van der Waals surface area (Å²) in [7, 11) is 1.57. The Morgan fingerprint density at radius 2 is 1.30 bits per heavy atom. The van der Waals surface area contributed by atoms with E-state index in [1.807, 2.05) is 19.1 Å². The molecule has 0 aromatic heterocycles. The van der Waals surface area contributed by atoms with Crippen molar-refractivity contribution in [2.24, 2.45) is 0 Å². The highest BCUT2D eigenvalue weighted by Gasteiger charge is 2.13. The summed E-state index contributed by atoms with van der Waals surface area (Å²) in [5.41, 5.74) is 2.17. The normalized spacial score (nSPS) is 10.1. The van der Waals surface area contributed by atoms with E-state index in [4.69, 9.17) is 4.74 Å². The molecule has 2 rings (SSSR count). The molecule has 3 heteroatoms. The molecule has 0 unspecified atom stereocenters. The zero-order valence-corrected chi connectivity index (χ0v) is 11.6. The molecule has 0 heterocycles. The van der Waals surface area contributed by atoms with Gasteiger partial charge in [0.2, 0.25) is 0 Å². The summed E-state index contributed by atoms with van der Waals surface area (Å²) in [5, 5.41) is 0. The summed E-state index contributed by atoms with van der Waals surface area (Å²) in [5.74, 6) is 0.343. The van der Waals surface area contributed by atoms with Crippen molar-refractivity contribution in [1.29, 1.82) is 0 Å². The molecule has 3 nitrogen and oxygen atoms in total. The fourth-order valence-electron chi connectivity index (χ4n) is 1.87. The van der Waals surface area contributed by atoms with Crippen molar-refractivity contribution < 1.29 is 14.3 Å². The van der Waals surface area contributed by atoms with Crippen LogP contribution in [-0.2, 0) is 0 Å². The third-order valence-corrected chi connectivity index (χ3v) is 3.11. The molecule has 0 amide bonds. The topological polar surface area (TPSA) is 43.4 Å². The maximum absolute atomic E-state index is 12.0. The van der Waals surface area contributed by atoms with Crippen molar-refractivity contribution >= 4 is 11.6 Å². The van der Waals surface area contributed by atoms with E-state index >= 15 is 0 Å². The summed E-state index contributed by atoms with van der Waals surface area (Å²) in [6.45, 7) is 1.96. The zero-order valence-electron chi connectivity index (χ0n) is 11.6. The number of aryl methyl sites for hydroxylation is 1. The lowest BCUT2D eigenvalue weighted by Gasteiger charge is -2.03. The molecular formula is C17H16O3. The first kappa shape index (κ1) is 14.0. The molecule has 0 spiro atoms. The van der Waals surface area contributed by atoms with Crippen LogP contribution >= 0.6 is 0 Å². The Hall–Kier alpha value is -2.42. The van der Waals surface area contributed by atoms with Gasteiger partial charge in [-0.15, -0.1) is 0 Å². The van der Waals surface area contributed by atoms with Gasteiger partial charge in [-0.1, -0.05) is 29.8 Å². The van der Waals surface area contributed by atoms with Crippen LogP contribution in [0.2, 0.25) is 0 Å². The largest absolute Gasteiger partial charge is 0.497 e. The summed E-state index contributed by atoms with van der Waals surface area (Å²) < 4.78 is 5.03. The van der Waals surface area contributed by atoms with Crippen LogP contribution in [0.5, 0.6) is 5.75 Å². The molecule has 2 aromatic carbocycles. The average Bonchev–Trinajstić information content (AvgIpc) is 2.48. The van der Waals surface area contributed by atoms with Gasteiger partial charge in [-0.3, -0.25) is 9.59 Å². The lowest BCUT2D eigenvalue weighted by molar-refractivity contribution is 0.0894. The monoisotopic (exact) mass is 268 g/mol. The van der Waals surface area contributed by atoms with Gasteiger partial charge in [0.25, 0.3) is 0 Å². The number of carbonyl (C=O) groups is 2. The lowest BCUT2D eigenvalue weighted by Crippen LogP contribution is -2.08. The second-order valence-electron chi connectivity index (χ2n) is 4.62. The number of ketones is 2. The first-order valence-electron chi connectivity index (χ1n) is 6.37. The number of rotatable bonds is 5. The molecule has 0 bridgehead atoms. The third kappa shape index (κ3) is 3.32. The van der Waals surface area contributed by atoms with Gasteiger partial charge >= 0.3 is 0 Å². The van der Waals surface area contributed by atoms with Gasteiger partial charge in [0.15, 0.2) is 11.6 Å². The van der Waals surface area contributed by atoms with Gasteiger partial charge in [-0.05, 0) is 31.2 Å². The van der Waals surface area contributed by atoms with Crippen LogP contribution in [0.15, 0.2) is 48.5 Å². The van der Waals surface area contributed by atoms with Crippen LogP contribution in [0, 0.1) is 6.92 Å². The molecule has 2 aromatic rings. The van der Waals surface area contributed by atoms with Gasteiger partial charge in [0, 0.05) is 11.1 Å². The highest BCUT2D eigenvalue weighted by molar-refractivity contribution is 6.13. The quantitative estimate of drug-likeness (QED) is 0.616. The fraction of sp³-hybridized carbons (Fsp3) is 0.176. The highest BCUT2D eigenvalue weighted by atomic mass is 16.5. The first-order valence-corrected chi connectivity index (χ1v) is 6.37. The maximum atomic E-state index is 12.0. The van der Waals surface area contributed by atoms with Crippen molar-refractivity contribution in [3.63, 3.8) is 0 Å². The lowest BCUT2D eigenvalue weighted by atomic mass is 10.0.